The van der Waals surface area contributed by atoms with E-state index in [4.69, 9.17) is 0 Å². The Morgan fingerprint density at radius 1 is 1.17 bits per heavy atom. The molecule has 1 atom stereocenters. The molecule has 0 spiro atoms. The Kier molecular flexibility index (Phi) is 4.21. The molecule has 1 heterocycles. The standard InChI is InChI=1S/C16H22N2/c1-4-18-11-7-9-15(18)12-17-14(3)16-10-6-5-8-13(16)2/h5-11,14,17H,4,12H2,1-3H3/t14-/m0/s1. The van der Waals surface area contributed by atoms with Crippen molar-refractivity contribution in [2.45, 2.75) is 39.9 Å². The molecule has 2 rings (SSSR count). The van der Waals surface area contributed by atoms with E-state index in [0.29, 0.717) is 6.04 Å². The first kappa shape index (κ1) is 12.9. The summed E-state index contributed by atoms with van der Waals surface area (Å²) < 4.78 is 2.28. The van der Waals surface area contributed by atoms with Crippen molar-refractivity contribution < 1.29 is 0 Å². The summed E-state index contributed by atoms with van der Waals surface area (Å²) >= 11 is 0. The Bertz CT molecular complexity index is 499. The van der Waals surface area contributed by atoms with Crippen LogP contribution in [0.1, 0.15) is 36.7 Å². The summed E-state index contributed by atoms with van der Waals surface area (Å²) in [7, 11) is 0. The van der Waals surface area contributed by atoms with Gasteiger partial charge in [0.05, 0.1) is 0 Å². The predicted molar refractivity (Wildman–Crippen MR) is 76.5 cm³/mol. The van der Waals surface area contributed by atoms with Crippen molar-refractivity contribution in [3.8, 4) is 0 Å². The highest BCUT2D eigenvalue weighted by molar-refractivity contribution is 5.28. The molecule has 0 aliphatic carbocycles. The van der Waals surface area contributed by atoms with E-state index in [1.165, 1.54) is 16.8 Å². The second-order valence-electron chi connectivity index (χ2n) is 4.74. The van der Waals surface area contributed by atoms with Crippen LogP contribution in [0, 0.1) is 6.92 Å². The number of nitrogens with one attached hydrogen (secondary N) is 1. The molecule has 18 heavy (non-hydrogen) atoms. The highest BCUT2D eigenvalue weighted by Gasteiger charge is 2.08. The second kappa shape index (κ2) is 5.87. The average molecular weight is 242 g/mol. The molecule has 2 aromatic rings. The molecule has 1 aromatic heterocycles. The van der Waals surface area contributed by atoms with Gasteiger partial charge in [0.1, 0.15) is 0 Å². The maximum atomic E-state index is 3.60. The third-order valence-electron chi connectivity index (χ3n) is 3.51. The summed E-state index contributed by atoms with van der Waals surface area (Å²) in [5.74, 6) is 0. The minimum Gasteiger partial charge on any atom is -0.351 e. The molecule has 0 unspecified atom stereocenters. The third kappa shape index (κ3) is 2.82. The van der Waals surface area contributed by atoms with Gasteiger partial charge in [0.25, 0.3) is 0 Å². The monoisotopic (exact) mass is 242 g/mol. The van der Waals surface area contributed by atoms with Crippen LogP contribution in [0.5, 0.6) is 0 Å². The van der Waals surface area contributed by atoms with Crippen molar-refractivity contribution in [2.75, 3.05) is 0 Å². The Morgan fingerprint density at radius 2 is 1.94 bits per heavy atom. The number of nitrogens with zero attached hydrogens (tertiary/aromatic N) is 1. The molecule has 2 nitrogen and oxygen atoms in total. The molecule has 0 aliphatic rings. The van der Waals surface area contributed by atoms with Gasteiger partial charge in [-0.15, -0.1) is 0 Å². The second-order valence-corrected chi connectivity index (χ2v) is 4.74. The molecule has 2 heteroatoms. The molecule has 1 aromatic carbocycles. The molecule has 0 bridgehead atoms. The largest absolute Gasteiger partial charge is 0.351 e. The normalized spacial score (nSPS) is 12.6. The molecule has 0 aliphatic heterocycles. The summed E-state index contributed by atoms with van der Waals surface area (Å²) in [6.45, 7) is 8.51. The van der Waals surface area contributed by atoms with Crippen LogP contribution in [0.2, 0.25) is 0 Å². The Morgan fingerprint density at radius 3 is 2.67 bits per heavy atom. The molecular formula is C16H22N2. The Labute approximate surface area is 110 Å². The average Bonchev–Trinajstić information content (AvgIpc) is 2.84. The van der Waals surface area contributed by atoms with Gasteiger partial charge in [-0.05, 0) is 44.0 Å². The van der Waals surface area contributed by atoms with Gasteiger partial charge in [0, 0.05) is 31.0 Å². The van der Waals surface area contributed by atoms with Crippen molar-refractivity contribution in [2.24, 2.45) is 0 Å². The van der Waals surface area contributed by atoms with E-state index in [0.717, 1.165) is 13.1 Å². The predicted octanol–water partition coefficient (Wildman–Crippen LogP) is 3.67. The van der Waals surface area contributed by atoms with E-state index in [9.17, 15) is 0 Å². The van der Waals surface area contributed by atoms with Crippen molar-refractivity contribution in [1.82, 2.24) is 9.88 Å². The lowest BCUT2D eigenvalue weighted by Gasteiger charge is -2.17. The van der Waals surface area contributed by atoms with Gasteiger partial charge in [-0.2, -0.15) is 0 Å². The fourth-order valence-electron chi connectivity index (χ4n) is 2.36. The Balaban J connectivity index is 2.01. The lowest BCUT2D eigenvalue weighted by molar-refractivity contribution is 0.548. The van der Waals surface area contributed by atoms with Crippen LogP contribution in [0.3, 0.4) is 0 Å². The molecule has 0 saturated heterocycles. The fourth-order valence-corrected chi connectivity index (χ4v) is 2.36. The topological polar surface area (TPSA) is 17.0 Å². The zero-order valence-corrected chi connectivity index (χ0v) is 11.5. The molecule has 0 fully saturated rings. The van der Waals surface area contributed by atoms with E-state index in [-0.39, 0.29) is 0 Å². The van der Waals surface area contributed by atoms with Crippen LogP contribution in [-0.4, -0.2) is 4.57 Å². The lowest BCUT2D eigenvalue weighted by Crippen LogP contribution is -2.20. The van der Waals surface area contributed by atoms with Gasteiger partial charge >= 0.3 is 0 Å². The number of aromatic nitrogens is 1. The maximum Gasteiger partial charge on any atom is 0.0364 e. The zero-order chi connectivity index (χ0) is 13.0. The minimum absolute atomic E-state index is 0.381. The van der Waals surface area contributed by atoms with Crippen LogP contribution >= 0.6 is 0 Å². The zero-order valence-electron chi connectivity index (χ0n) is 11.5. The smallest absolute Gasteiger partial charge is 0.0364 e. The summed E-state index contributed by atoms with van der Waals surface area (Å²) in [5.41, 5.74) is 4.08. The lowest BCUT2D eigenvalue weighted by atomic mass is 10.0. The van der Waals surface area contributed by atoms with Crippen molar-refractivity contribution in [1.29, 1.82) is 0 Å². The number of aryl methyl sites for hydroxylation is 2. The van der Waals surface area contributed by atoms with Gasteiger partial charge in [-0.3, -0.25) is 0 Å². The van der Waals surface area contributed by atoms with Gasteiger partial charge in [-0.25, -0.2) is 0 Å². The molecule has 96 valence electrons. The summed E-state index contributed by atoms with van der Waals surface area (Å²) in [6, 6.07) is 13.2. The highest BCUT2D eigenvalue weighted by Crippen LogP contribution is 2.17. The van der Waals surface area contributed by atoms with Crippen LogP contribution in [-0.2, 0) is 13.1 Å². The first-order valence-electron chi connectivity index (χ1n) is 6.65. The quantitative estimate of drug-likeness (QED) is 0.846. The summed E-state index contributed by atoms with van der Waals surface area (Å²) in [6.07, 6.45) is 2.13. The molecule has 0 amide bonds. The number of benzene rings is 1. The van der Waals surface area contributed by atoms with E-state index < -0.39 is 0 Å². The molecule has 1 N–H and O–H groups in total. The van der Waals surface area contributed by atoms with E-state index >= 15 is 0 Å². The van der Waals surface area contributed by atoms with Crippen LogP contribution in [0.25, 0.3) is 0 Å². The Hall–Kier alpha value is -1.54. The molecular weight excluding hydrogens is 220 g/mol. The van der Waals surface area contributed by atoms with Gasteiger partial charge < -0.3 is 9.88 Å². The van der Waals surface area contributed by atoms with Crippen molar-refractivity contribution in [3.63, 3.8) is 0 Å². The van der Waals surface area contributed by atoms with Crippen molar-refractivity contribution in [3.05, 3.63) is 59.4 Å². The third-order valence-corrected chi connectivity index (χ3v) is 3.51. The fraction of sp³-hybridized carbons (Fsp3) is 0.375. The van der Waals surface area contributed by atoms with E-state index in [1.807, 2.05) is 0 Å². The van der Waals surface area contributed by atoms with Crippen LogP contribution in [0.4, 0.5) is 0 Å². The number of hydrogen-bond donors (Lipinski definition) is 1. The maximum absolute atomic E-state index is 3.60. The van der Waals surface area contributed by atoms with E-state index in [2.05, 4.69) is 73.3 Å². The SMILES string of the molecule is CCn1cccc1CN[C@@H](C)c1ccccc1C. The minimum atomic E-state index is 0.381. The summed E-state index contributed by atoms with van der Waals surface area (Å²) in [4.78, 5) is 0. The van der Waals surface area contributed by atoms with E-state index in [1.54, 1.807) is 0 Å². The number of rotatable bonds is 5. The molecule has 0 radical (unpaired) electrons. The summed E-state index contributed by atoms with van der Waals surface area (Å²) in [5, 5.41) is 3.60. The first-order valence-corrected chi connectivity index (χ1v) is 6.65. The molecule has 0 saturated carbocycles. The van der Waals surface area contributed by atoms with Crippen LogP contribution < -0.4 is 5.32 Å². The van der Waals surface area contributed by atoms with Crippen LogP contribution in [0.15, 0.2) is 42.6 Å². The van der Waals surface area contributed by atoms with Gasteiger partial charge in [0.2, 0.25) is 0 Å². The van der Waals surface area contributed by atoms with Gasteiger partial charge in [0.15, 0.2) is 0 Å². The number of hydrogen-bond acceptors (Lipinski definition) is 1. The highest BCUT2D eigenvalue weighted by atomic mass is 15.0. The first-order chi connectivity index (χ1) is 8.72. The van der Waals surface area contributed by atoms with Gasteiger partial charge in [-0.1, -0.05) is 24.3 Å². The van der Waals surface area contributed by atoms with Crippen molar-refractivity contribution >= 4 is 0 Å².